The number of nitrogens with zero attached hydrogens (tertiary/aromatic N) is 6. The number of para-hydroxylation sites is 3. The molecule has 24 heteroatoms. The fourth-order valence-electron chi connectivity index (χ4n) is 14.8. The molecule has 102 heavy (non-hydrogen) atoms. The molecule has 6 heterocycles. The highest BCUT2D eigenvalue weighted by atomic mass is 16.6. The maximum absolute atomic E-state index is 13.5. The van der Waals surface area contributed by atoms with Gasteiger partial charge < -0.3 is 63.3 Å². The number of alkyl carbamates (subject to hydrolysis) is 3. The van der Waals surface area contributed by atoms with Crippen molar-refractivity contribution in [1.82, 2.24) is 45.3 Å². The fourth-order valence-corrected chi connectivity index (χ4v) is 14.8. The van der Waals surface area contributed by atoms with Gasteiger partial charge in [0.05, 0.1) is 34.8 Å². The van der Waals surface area contributed by atoms with E-state index in [9.17, 15) is 28.8 Å². The van der Waals surface area contributed by atoms with Crippen molar-refractivity contribution in [2.45, 2.75) is 154 Å². The zero-order valence-corrected chi connectivity index (χ0v) is 57.6. The molecular formula is C78H87N15O9. The van der Waals surface area contributed by atoms with Gasteiger partial charge in [-0.2, -0.15) is 29.3 Å². The van der Waals surface area contributed by atoms with Gasteiger partial charge in [0.2, 0.25) is 0 Å². The molecule has 3 amide bonds. The SMILES string of the molecule is Cc1cccc2c1NCCC2C(=O)n1nc2c(c1N)C[C@@H](NC(=O)OCc1ccccc1)CC2.Cc1cccc2c1NCC[C@@H]2C(=O)n1nc2c(c1N)C[C@@H](NC(=O)OCc1ccccc1)CC2.Cc1cccc2c1NCC[C@H]2C(=O)n1nc2c(c1N)C[C@@H](NC(=O)OCc1ccccc1)CC2. The number of nitrogens with one attached hydrogen (secondary N) is 6. The van der Waals surface area contributed by atoms with Crippen LogP contribution in [0, 0.1) is 20.8 Å². The van der Waals surface area contributed by atoms with Gasteiger partial charge in [-0.3, -0.25) is 14.4 Å². The number of carbonyl (C=O) groups excluding carboxylic acids is 6. The standard InChI is InChI=1S/3C26H29N5O3/c3*1-16-6-5-9-19-20(12-13-28-23(16)19)25(32)31-24(27)21-14-18(10-11-22(21)30-31)29-26(33)34-15-17-7-3-2-4-8-17/h3*2-9,18,20,28H,10-15,27H2,1H3,(H,29,33)/t18-,20?;18-,20+;18-,20-/m000/s1. The summed E-state index contributed by atoms with van der Waals surface area (Å²) in [5, 5.41) is 32.8. The van der Waals surface area contributed by atoms with Crippen LogP contribution in [0.15, 0.2) is 146 Å². The van der Waals surface area contributed by atoms with Crippen LogP contribution in [0.2, 0.25) is 0 Å². The van der Waals surface area contributed by atoms with Gasteiger partial charge in [0, 0.05) is 71.5 Å². The number of nitrogens with two attached hydrogens (primary N) is 3. The van der Waals surface area contributed by atoms with E-state index >= 15 is 0 Å². The van der Waals surface area contributed by atoms with Crippen molar-refractivity contribution in [3.63, 3.8) is 0 Å². The largest absolute Gasteiger partial charge is 0.445 e. The van der Waals surface area contributed by atoms with Crippen LogP contribution in [0.25, 0.3) is 0 Å². The second-order valence-electron chi connectivity index (χ2n) is 27.0. The Labute approximate surface area is 591 Å². The molecule has 6 aromatic carbocycles. The lowest BCUT2D eigenvalue weighted by Crippen LogP contribution is -2.39. The highest BCUT2D eigenvalue weighted by Crippen LogP contribution is 2.40. The molecule has 3 aliphatic carbocycles. The highest BCUT2D eigenvalue weighted by molar-refractivity contribution is 5.93. The third-order valence-electron chi connectivity index (χ3n) is 20.2. The summed E-state index contributed by atoms with van der Waals surface area (Å²) in [5.74, 6) is -0.0678. The Morgan fingerprint density at radius 3 is 0.941 bits per heavy atom. The molecule has 1 unspecified atom stereocenters. The lowest BCUT2D eigenvalue weighted by atomic mass is 9.88. The molecule has 0 fully saturated rings. The van der Waals surface area contributed by atoms with Crippen LogP contribution in [-0.4, -0.2) is 103 Å². The van der Waals surface area contributed by atoms with E-state index < -0.39 is 18.3 Å². The first-order chi connectivity index (χ1) is 49.5. The van der Waals surface area contributed by atoms with E-state index in [2.05, 4.69) is 47.2 Å². The van der Waals surface area contributed by atoms with Crippen molar-refractivity contribution in [2.24, 2.45) is 0 Å². The van der Waals surface area contributed by atoms with Gasteiger partial charge in [-0.15, -0.1) is 0 Å². The molecule has 24 nitrogen and oxygen atoms in total. The van der Waals surface area contributed by atoms with E-state index in [4.69, 9.17) is 31.4 Å². The first-order valence-electron chi connectivity index (χ1n) is 35.2. The first kappa shape index (κ1) is 69.1. The molecule has 3 aliphatic heterocycles. The zero-order valence-electron chi connectivity index (χ0n) is 57.6. The van der Waals surface area contributed by atoms with Crippen molar-refractivity contribution in [2.75, 3.05) is 52.8 Å². The summed E-state index contributed by atoms with van der Waals surface area (Å²) in [6.07, 6.45) is 6.35. The number of benzene rings is 6. The maximum atomic E-state index is 13.5. The van der Waals surface area contributed by atoms with Gasteiger partial charge in [0.15, 0.2) is 0 Å². The van der Waals surface area contributed by atoms with Crippen LogP contribution < -0.4 is 49.1 Å². The molecule has 0 saturated heterocycles. The second-order valence-corrected chi connectivity index (χ2v) is 27.0. The zero-order chi connectivity index (χ0) is 71.0. The molecule has 9 aromatic rings. The number of aromatic nitrogens is 6. The van der Waals surface area contributed by atoms with Crippen molar-refractivity contribution in [1.29, 1.82) is 0 Å². The number of fused-ring (bicyclic) bond motifs is 6. The molecule has 12 N–H and O–H groups in total. The molecule has 0 radical (unpaired) electrons. The molecule has 3 aromatic heterocycles. The van der Waals surface area contributed by atoms with Crippen LogP contribution in [0.1, 0.15) is 155 Å². The summed E-state index contributed by atoms with van der Waals surface area (Å²) in [6.45, 7) is 8.96. The Bertz CT molecular complexity index is 4120. The molecule has 0 spiro atoms. The van der Waals surface area contributed by atoms with E-state index in [0.29, 0.717) is 94.5 Å². The number of ether oxygens (including phenoxy) is 3. The average Bonchev–Trinajstić information content (AvgIpc) is 1.74. The third kappa shape index (κ3) is 15.3. The lowest BCUT2D eigenvalue weighted by Gasteiger charge is -2.27. The molecule has 528 valence electrons. The Morgan fingerprint density at radius 1 is 0.392 bits per heavy atom. The van der Waals surface area contributed by atoms with E-state index in [-0.39, 0.29) is 73.4 Å². The minimum atomic E-state index is -0.457. The summed E-state index contributed by atoms with van der Waals surface area (Å²) in [6, 6.07) is 46.4. The van der Waals surface area contributed by atoms with Crippen LogP contribution >= 0.6 is 0 Å². The highest BCUT2D eigenvalue weighted by Gasteiger charge is 2.38. The Morgan fingerprint density at radius 2 is 0.667 bits per heavy atom. The van der Waals surface area contributed by atoms with Gasteiger partial charge in [0.1, 0.15) is 37.3 Å². The predicted molar refractivity (Wildman–Crippen MR) is 390 cm³/mol. The van der Waals surface area contributed by atoms with Crippen LogP contribution in [0.5, 0.6) is 0 Å². The van der Waals surface area contributed by atoms with E-state index in [1.54, 1.807) is 0 Å². The summed E-state index contributed by atoms with van der Waals surface area (Å²) in [5.41, 5.74) is 36.5. The number of aryl methyl sites for hydroxylation is 6. The van der Waals surface area contributed by atoms with Crippen molar-refractivity contribution >= 4 is 70.5 Å². The van der Waals surface area contributed by atoms with E-state index in [0.717, 1.165) is 121 Å². The molecule has 0 bridgehead atoms. The quantitative estimate of drug-likeness (QED) is 0.0513. The number of hydrogen-bond donors (Lipinski definition) is 9. The third-order valence-corrected chi connectivity index (χ3v) is 20.2. The normalized spacial score (nSPS) is 18.9. The summed E-state index contributed by atoms with van der Waals surface area (Å²) < 4.78 is 20.2. The second kappa shape index (κ2) is 31.0. The van der Waals surface area contributed by atoms with Crippen molar-refractivity contribution in [3.05, 3.63) is 229 Å². The number of nitrogen functional groups attached to an aromatic ring is 3. The Hall–Kier alpha value is -11.4. The number of anilines is 6. The number of carbonyl (C=O) groups is 6. The molecule has 15 rings (SSSR count). The predicted octanol–water partition coefficient (Wildman–Crippen LogP) is 11.4. The summed E-state index contributed by atoms with van der Waals surface area (Å²) in [4.78, 5) is 77.4. The van der Waals surface area contributed by atoms with Gasteiger partial charge in [-0.25, -0.2) is 14.4 Å². The van der Waals surface area contributed by atoms with Crippen LogP contribution in [-0.2, 0) is 72.6 Å². The smallest absolute Gasteiger partial charge is 0.407 e. The summed E-state index contributed by atoms with van der Waals surface area (Å²) >= 11 is 0. The molecular weight excluding hydrogens is 1290 g/mol. The summed E-state index contributed by atoms with van der Waals surface area (Å²) in [7, 11) is 0. The lowest BCUT2D eigenvalue weighted by molar-refractivity contribution is 0.0851. The number of hydrogen-bond acceptors (Lipinski definition) is 18. The fraction of sp³-hybridized carbons (Fsp3) is 0.346. The van der Waals surface area contributed by atoms with Gasteiger partial charge in [-0.05, 0) is 148 Å². The molecule has 6 atom stereocenters. The first-order valence-corrected chi connectivity index (χ1v) is 35.2. The minimum Gasteiger partial charge on any atom is -0.445 e. The van der Waals surface area contributed by atoms with E-state index in [1.165, 1.54) is 14.0 Å². The number of amides is 3. The van der Waals surface area contributed by atoms with Crippen LogP contribution in [0.3, 0.4) is 0 Å². The molecule has 0 saturated carbocycles. The average molecular weight is 1380 g/mol. The number of rotatable bonds is 12. The van der Waals surface area contributed by atoms with Gasteiger partial charge in [0.25, 0.3) is 17.7 Å². The van der Waals surface area contributed by atoms with Gasteiger partial charge in [-0.1, -0.05) is 146 Å². The van der Waals surface area contributed by atoms with Crippen LogP contribution in [0.4, 0.5) is 48.9 Å². The van der Waals surface area contributed by atoms with Crippen molar-refractivity contribution in [3.8, 4) is 0 Å². The maximum Gasteiger partial charge on any atom is 0.407 e. The van der Waals surface area contributed by atoms with E-state index in [1.807, 2.05) is 166 Å². The minimum absolute atomic E-state index is 0.105. The Kier molecular flexibility index (Phi) is 21.0. The Balaban J connectivity index is 0.000000137. The van der Waals surface area contributed by atoms with Crippen molar-refractivity contribution < 1.29 is 43.0 Å². The monoisotopic (exact) mass is 1380 g/mol. The van der Waals surface area contributed by atoms with Gasteiger partial charge >= 0.3 is 18.3 Å². The topological polar surface area (TPSA) is 334 Å². The molecule has 6 aliphatic rings.